The highest BCUT2D eigenvalue weighted by atomic mass is 16.5. The molecule has 1 aliphatic rings. The van der Waals surface area contributed by atoms with Gasteiger partial charge in [-0.25, -0.2) is 4.68 Å². The van der Waals surface area contributed by atoms with Crippen LogP contribution in [0.5, 0.6) is 5.75 Å². The molecule has 6 heteroatoms. The highest BCUT2D eigenvalue weighted by molar-refractivity contribution is 5.79. The summed E-state index contributed by atoms with van der Waals surface area (Å²) >= 11 is 0. The Morgan fingerprint density at radius 2 is 2.10 bits per heavy atom. The highest BCUT2D eigenvalue weighted by Gasteiger charge is 2.32. The molecule has 1 fully saturated rings. The second kappa shape index (κ2) is 5.95. The molecule has 6 nitrogen and oxygen atoms in total. The average Bonchev–Trinajstić information content (AvgIpc) is 2.93. The summed E-state index contributed by atoms with van der Waals surface area (Å²) in [6, 6.07) is 7.95. The summed E-state index contributed by atoms with van der Waals surface area (Å²) in [6.07, 6.45) is 3.92. The smallest absolute Gasteiger partial charge is 0.227 e. The van der Waals surface area contributed by atoms with E-state index >= 15 is 0 Å². The summed E-state index contributed by atoms with van der Waals surface area (Å²) < 4.78 is 7.20. The van der Waals surface area contributed by atoms with E-state index in [0.29, 0.717) is 26.1 Å². The Labute approximate surface area is 123 Å². The van der Waals surface area contributed by atoms with Crippen molar-refractivity contribution in [3.8, 4) is 5.75 Å². The van der Waals surface area contributed by atoms with Gasteiger partial charge in [0.2, 0.25) is 5.91 Å². The summed E-state index contributed by atoms with van der Waals surface area (Å²) in [5.74, 6) is 0.986. The summed E-state index contributed by atoms with van der Waals surface area (Å²) in [5.41, 5.74) is 1.01. The minimum atomic E-state index is 0.149. The topological polar surface area (TPSA) is 60.2 Å². The molecular weight excluding hydrogens is 268 g/mol. The Morgan fingerprint density at radius 3 is 2.71 bits per heavy atom. The van der Waals surface area contributed by atoms with Gasteiger partial charge in [-0.3, -0.25) is 4.79 Å². The molecule has 0 atom stereocenters. The fourth-order valence-corrected chi connectivity index (χ4v) is 2.40. The van der Waals surface area contributed by atoms with Crippen LogP contribution < -0.4 is 4.74 Å². The molecular formula is C15H18N4O2. The number of carbonyl (C=O) groups excluding carboxylic acids is 1. The third-order valence-corrected chi connectivity index (χ3v) is 3.62. The first kappa shape index (κ1) is 13.6. The van der Waals surface area contributed by atoms with Crippen LogP contribution in [0, 0.1) is 0 Å². The summed E-state index contributed by atoms with van der Waals surface area (Å²) in [6.45, 7) is 4.01. The lowest BCUT2D eigenvalue weighted by Crippen LogP contribution is -2.51. The number of hydrogen-bond donors (Lipinski definition) is 0. The van der Waals surface area contributed by atoms with Gasteiger partial charge in [-0.2, -0.15) is 0 Å². The van der Waals surface area contributed by atoms with Crippen LogP contribution in [0.25, 0.3) is 0 Å². The normalized spacial score (nSPS) is 14.8. The van der Waals surface area contributed by atoms with Crippen molar-refractivity contribution in [2.45, 2.75) is 19.4 Å². The Kier molecular flexibility index (Phi) is 3.85. The van der Waals surface area contributed by atoms with Gasteiger partial charge in [-0.05, 0) is 24.6 Å². The van der Waals surface area contributed by atoms with Gasteiger partial charge in [0.05, 0.1) is 25.3 Å². The molecule has 1 saturated heterocycles. The second-order valence-electron chi connectivity index (χ2n) is 5.09. The largest absolute Gasteiger partial charge is 0.494 e. The molecule has 21 heavy (non-hydrogen) atoms. The number of ether oxygens (including phenoxy) is 1. The van der Waals surface area contributed by atoms with E-state index in [9.17, 15) is 4.79 Å². The molecule has 2 heterocycles. The van der Waals surface area contributed by atoms with Gasteiger partial charge in [0, 0.05) is 19.3 Å². The fourth-order valence-electron chi connectivity index (χ4n) is 2.40. The maximum atomic E-state index is 12.2. The fraction of sp³-hybridized carbons (Fsp3) is 0.400. The maximum absolute atomic E-state index is 12.2. The molecule has 1 aromatic heterocycles. The lowest BCUT2D eigenvalue weighted by molar-refractivity contribution is -0.136. The Balaban J connectivity index is 1.51. The van der Waals surface area contributed by atoms with Crippen LogP contribution in [-0.4, -0.2) is 45.5 Å². The van der Waals surface area contributed by atoms with Crippen LogP contribution >= 0.6 is 0 Å². The number of amides is 1. The van der Waals surface area contributed by atoms with Crippen LogP contribution in [0.15, 0.2) is 36.7 Å². The number of carbonyl (C=O) groups is 1. The van der Waals surface area contributed by atoms with E-state index in [4.69, 9.17) is 4.74 Å². The third kappa shape index (κ3) is 3.04. The number of benzene rings is 1. The van der Waals surface area contributed by atoms with Crippen molar-refractivity contribution in [2.24, 2.45) is 0 Å². The Morgan fingerprint density at radius 1 is 1.33 bits per heavy atom. The van der Waals surface area contributed by atoms with E-state index < -0.39 is 0 Å². The van der Waals surface area contributed by atoms with Crippen molar-refractivity contribution in [1.29, 1.82) is 0 Å². The zero-order valence-electron chi connectivity index (χ0n) is 12.0. The zero-order valence-corrected chi connectivity index (χ0v) is 12.0. The number of aromatic nitrogens is 3. The lowest BCUT2D eigenvalue weighted by Gasteiger charge is -2.38. The molecule has 0 aliphatic carbocycles. The van der Waals surface area contributed by atoms with Crippen LogP contribution in [0.1, 0.15) is 18.5 Å². The van der Waals surface area contributed by atoms with Crippen molar-refractivity contribution in [3.63, 3.8) is 0 Å². The summed E-state index contributed by atoms with van der Waals surface area (Å²) in [5, 5.41) is 7.74. The molecule has 3 rings (SSSR count). The predicted octanol–water partition coefficient (Wildman–Crippen LogP) is 1.30. The van der Waals surface area contributed by atoms with E-state index in [2.05, 4.69) is 10.3 Å². The molecule has 0 spiro atoms. The number of likely N-dealkylation sites (tertiary alicyclic amines) is 1. The van der Waals surface area contributed by atoms with Crippen molar-refractivity contribution in [3.05, 3.63) is 42.2 Å². The first-order valence-corrected chi connectivity index (χ1v) is 7.11. The van der Waals surface area contributed by atoms with Gasteiger partial charge >= 0.3 is 0 Å². The highest BCUT2D eigenvalue weighted by Crippen LogP contribution is 2.21. The molecule has 0 N–H and O–H groups in total. The van der Waals surface area contributed by atoms with Crippen LogP contribution in [-0.2, 0) is 11.2 Å². The average molecular weight is 286 g/mol. The van der Waals surface area contributed by atoms with Crippen molar-refractivity contribution in [2.75, 3.05) is 19.7 Å². The molecule has 0 bridgehead atoms. The quantitative estimate of drug-likeness (QED) is 0.831. The standard InChI is InChI=1S/C15H18N4O2/c1-2-21-14-5-3-12(4-6-14)9-15(20)18-10-13(11-18)19-8-7-16-17-19/h3-8,13H,2,9-11H2,1H3. The van der Waals surface area contributed by atoms with Crippen LogP contribution in [0.4, 0.5) is 0 Å². The third-order valence-electron chi connectivity index (χ3n) is 3.62. The van der Waals surface area contributed by atoms with Gasteiger partial charge in [0.25, 0.3) is 0 Å². The first-order chi connectivity index (χ1) is 10.3. The summed E-state index contributed by atoms with van der Waals surface area (Å²) in [4.78, 5) is 14.0. The van der Waals surface area contributed by atoms with E-state index in [1.54, 1.807) is 10.9 Å². The van der Waals surface area contributed by atoms with Crippen LogP contribution in [0.3, 0.4) is 0 Å². The monoisotopic (exact) mass is 286 g/mol. The van der Waals surface area contributed by atoms with E-state index in [-0.39, 0.29) is 11.9 Å². The zero-order chi connectivity index (χ0) is 14.7. The molecule has 1 aliphatic heterocycles. The molecule has 2 aromatic rings. The molecule has 1 aromatic carbocycles. The second-order valence-corrected chi connectivity index (χ2v) is 5.09. The Hall–Kier alpha value is -2.37. The lowest BCUT2D eigenvalue weighted by atomic mass is 10.1. The van der Waals surface area contributed by atoms with Crippen molar-refractivity contribution < 1.29 is 9.53 Å². The minimum Gasteiger partial charge on any atom is -0.494 e. The summed E-state index contributed by atoms with van der Waals surface area (Å²) in [7, 11) is 0. The molecule has 0 unspecified atom stereocenters. The Bertz CT molecular complexity index is 589. The van der Waals surface area contributed by atoms with Gasteiger partial charge < -0.3 is 9.64 Å². The van der Waals surface area contributed by atoms with Crippen LogP contribution in [0.2, 0.25) is 0 Å². The van der Waals surface area contributed by atoms with Gasteiger partial charge in [0.1, 0.15) is 5.75 Å². The van der Waals surface area contributed by atoms with E-state index in [1.165, 1.54) is 0 Å². The SMILES string of the molecule is CCOc1ccc(CC(=O)N2CC(n3ccnn3)C2)cc1. The van der Waals surface area contributed by atoms with Crippen molar-refractivity contribution >= 4 is 5.91 Å². The first-order valence-electron chi connectivity index (χ1n) is 7.11. The predicted molar refractivity (Wildman–Crippen MR) is 77.0 cm³/mol. The van der Waals surface area contributed by atoms with Gasteiger partial charge in [0.15, 0.2) is 0 Å². The van der Waals surface area contributed by atoms with Gasteiger partial charge in [-0.1, -0.05) is 17.3 Å². The van der Waals surface area contributed by atoms with Gasteiger partial charge in [-0.15, -0.1) is 5.10 Å². The van der Waals surface area contributed by atoms with E-state index in [0.717, 1.165) is 11.3 Å². The maximum Gasteiger partial charge on any atom is 0.227 e. The molecule has 110 valence electrons. The molecule has 0 saturated carbocycles. The number of nitrogens with zero attached hydrogens (tertiary/aromatic N) is 4. The van der Waals surface area contributed by atoms with E-state index in [1.807, 2.05) is 42.3 Å². The van der Waals surface area contributed by atoms with Crippen molar-refractivity contribution in [1.82, 2.24) is 19.9 Å². The number of rotatable bonds is 5. The minimum absolute atomic E-state index is 0.149. The number of hydrogen-bond acceptors (Lipinski definition) is 4. The molecule has 1 amide bonds. The molecule has 0 radical (unpaired) electrons.